The van der Waals surface area contributed by atoms with Gasteiger partial charge in [0.2, 0.25) is 5.88 Å². The summed E-state index contributed by atoms with van der Waals surface area (Å²) < 4.78 is 18.1. The molecule has 0 spiro atoms. The first-order chi connectivity index (χ1) is 16.4. The number of carboxylic acids is 1. The predicted molar refractivity (Wildman–Crippen MR) is 131 cm³/mol. The molecule has 0 amide bonds. The van der Waals surface area contributed by atoms with Crippen LogP contribution in [0.2, 0.25) is 0 Å². The number of nitrogens with zero attached hydrogens (tertiary/aromatic N) is 2. The topological polar surface area (TPSA) is 100 Å². The van der Waals surface area contributed by atoms with Gasteiger partial charge in [0.25, 0.3) is 0 Å². The standard InChI is InChI=1S/C14H17FN2.C11H10N2O3S/c15-12-3-4-14-13(7-12)11(9-17-14)5-6-16-8-10-1-2-10;1-6-13-9(11(14)15)10(17-6)7-3-4-8(16-2)12-5-7/h3-4,7,9-10,16-17H,1-2,5-6,8H2;3-5H,1-2H3,(H,14,15). The Kier molecular flexibility index (Phi) is 7.54. The second kappa shape index (κ2) is 10.8. The van der Waals surface area contributed by atoms with E-state index in [0.717, 1.165) is 41.9 Å². The van der Waals surface area contributed by atoms with Crippen LogP contribution in [0.3, 0.4) is 0 Å². The number of rotatable bonds is 8. The van der Waals surface area contributed by atoms with Crippen molar-refractivity contribution in [1.82, 2.24) is 20.3 Å². The van der Waals surface area contributed by atoms with Crippen molar-refractivity contribution >= 4 is 28.2 Å². The van der Waals surface area contributed by atoms with Gasteiger partial charge in [0.05, 0.1) is 17.0 Å². The van der Waals surface area contributed by atoms with E-state index in [2.05, 4.69) is 20.3 Å². The van der Waals surface area contributed by atoms with Crippen molar-refractivity contribution in [3.63, 3.8) is 0 Å². The van der Waals surface area contributed by atoms with Gasteiger partial charge >= 0.3 is 5.97 Å². The van der Waals surface area contributed by atoms with E-state index in [1.54, 1.807) is 37.4 Å². The molecule has 1 fully saturated rings. The predicted octanol–water partition coefficient (Wildman–Crippen LogP) is 5.07. The average Bonchev–Trinajstić information content (AvgIpc) is 3.45. The number of carboxylic acid groups (broad SMARTS) is 1. The van der Waals surface area contributed by atoms with Gasteiger partial charge in [-0.25, -0.2) is 19.2 Å². The van der Waals surface area contributed by atoms with Crippen LogP contribution >= 0.6 is 11.3 Å². The fourth-order valence-corrected chi connectivity index (χ4v) is 4.51. The molecule has 1 aromatic carbocycles. The zero-order chi connectivity index (χ0) is 24.1. The van der Waals surface area contributed by atoms with Gasteiger partial charge < -0.3 is 20.1 Å². The summed E-state index contributed by atoms with van der Waals surface area (Å²) in [7, 11) is 1.53. The largest absolute Gasteiger partial charge is 0.481 e. The minimum absolute atomic E-state index is 0.0690. The van der Waals surface area contributed by atoms with Crippen LogP contribution in [0, 0.1) is 18.7 Å². The van der Waals surface area contributed by atoms with Crippen LogP contribution in [0.25, 0.3) is 21.3 Å². The van der Waals surface area contributed by atoms with Gasteiger partial charge in [-0.2, -0.15) is 0 Å². The van der Waals surface area contributed by atoms with Gasteiger partial charge in [0.15, 0.2) is 5.69 Å². The van der Waals surface area contributed by atoms with E-state index in [4.69, 9.17) is 9.84 Å². The number of H-pyrrole nitrogens is 1. The monoisotopic (exact) mass is 482 g/mol. The number of carbonyl (C=O) groups is 1. The zero-order valence-corrected chi connectivity index (χ0v) is 19.9. The van der Waals surface area contributed by atoms with Crippen molar-refractivity contribution in [3.8, 4) is 16.3 Å². The van der Waals surface area contributed by atoms with E-state index in [1.807, 2.05) is 6.20 Å². The van der Waals surface area contributed by atoms with Gasteiger partial charge in [-0.15, -0.1) is 11.3 Å². The summed E-state index contributed by atoms with van der Waals surface area (Å²) in [5, 5.41) is 14.2. The van der Waals surface area contributed by atoms with E-state index in [-0.39, 0.29) is 11.5 Å². The first kappa shape index (κ1) is 23.8. The van der Waals surface area contributed by atoms with Crippen LogP contribution in [-0.4, -0.2) is 46.2 Å². The highest BCUT2D eigenvalue weighted by atomic mass is 32.1. The van der Waals surface area contributed by atoms with Crippen molar-refractivity contribution in [1.29, 1.82) is 0 Å². The second-order valence-corrected chi connectivity index (χ2v) is 9.41. The minimum Gasteiger partial charge on any atom is -0.481 e. The number of ether oxygens (including phenoxy) is 1. The number of fused-ring (bicyclic) bond motifs is 1. The third-order valence-electron chi connectivity index (χ3n) is 5.57. The third kappa shape index (κ3) is 5.98. The molecule has 1 saturated carbocycles. The van der Waals surface area contributed by atoms with Crippen LogP contribution < -0.4 is 10.1 Å². The number of aromatic nitrogens is 3. The quantitative estimate of drug-likeness (QED) is 0.303. The van der Waals surface area contributed by atoms with E-state index in [1.165, 1.54) is 42.9 Å². The number of nitrogens with one attached hydrogen (secondary N) is 2. The molecule has 0 bridgehead atoms. The summed E-state index contributed by atoms with van der Waals surface area (Å²) in [6, 6.07) is 8.36. The third-order valence-corrected chi connectivity index (χ3v) is 6.59. The maximum absolute atomic E-state index is 13.2. The lowest BCUT2D eigenvalue weighted by Gasteiger charge is -2.02. The second-order valence-electron chi connectivity index (χ2n) is 8.21. The van der Waals surface area contributed by atoms with Gasteiger partial charge in [-0.1, -0.05) is 0 Å². The van der Waals surface area contributed by atoms with E-state index < -0.39 is 5.97 Å². The number of aromatic amines is 1. The molecule has 34 heavy (non-hydrogen) atoms. The summed E-state index contributed by atoms with van der Waals surface area (Å²) in [5.74, 6) is 0.215. The molecule has 5 rings (SSSR count). The molecule has 0 aliphatic heterocycles. The van der Waals surface area contributed by atoms with Crippen LogP contribution in [-0.2, 0) is 6.42 Å². The summed E-state index contributed by atoms with van der Waals surface area (Å²) in [4.78, 5) is 22.9. The summed E-state index contributed by atoms with van der Waals surface area (Å²) >= 11 is 1.34. The van der Waals surface area contributed by atoms with Gasteiger partial charge in [0.1, 0.15) is 5.82 Å². The van der Waals surface area contributed by atoms with E-state index >= 15 is 0 Å². The maximum Gasteiger partial charge on any atom is 0.356 e. The molecule has 0 atom stereocenters. The molecule has 0 unspecified atom stereocenters. The lowest BCUT2D eigenvalue weighted by atomic mass is 10.1. The van der Waals surface area contributed by atoms with Crippen molar-refractivity contribution in [2.45, 2.75) is 26.2 Å². The maximum atomic E-state index is 13.2. The van der Waals surface area contributed by atoms with Crippen molar-refractivity contribution in [3.05, 3.63) is 64.8 Å². The first-order valence-electron chi connectivity index (χ1n) is 11.1. The number of aromatic carboxylic acids is 1. The lowest BCUT2D eigenvalue weighted by Crippen LogP contribution is -2.19. The Bertz CT molecular complexity index is 1270. The molecule has 3 heterocycles. The number of aryl methyl sites for hydroxylation is 1. The number of pyridine rings is 1. The fraction of sp³-hybridized carbons (Fsp3) is 0.320. The molecule has 9 heteroatoms. The summed E-state index contributed by atoms with van der Waals surface area (Å²) in [6.45, 7) is 3.88. The molecule has 3 N–H and O–H groups in total. The molecular formula is C25H27FN4O3S. The Hall–Kier alpha value is -3.30. The first-order valence-corrected chi connectivity index (χ1v) is 11.9. The van der Waals surface area contributed by atoms with Crippen LogP contribution in [0.15, 0.2) is 42.7 Å². The van der Waals surface area contributed by atoms with Gasteiger partial charge in [0, 0.05) is 34.9 Å². The molecule has 4 aromatic rings. The molecule has 0 saturated heterocycles. The Labute approximate surface area is 201 Å². The van der Waals surface area contributed by atoms with Gasteiger partial charge in [-0.3, -0.25) is 0 Å². The molecular weight excluding hydrogens is 455 g/mol. The number of halogens is 1. The minimum atomic E-state index is -1.03. The molecule has 0 radical (unpaired) electrons. The number of methoxy groups -OCH3 is 1. The van der Waals surface area contributed by atoms with Crippen molar-refractivity contribution in [2.24, 2.45) is 5.92 Å². The Morgan fingerprint density at radius 3 is 2.82 bits per heavy atom. The highest BCUT2D eigenvalue weighted by Crippen LogP contribution is 2.30. The van der Waals surface area contributed by atoms with Crippen LogP contribution in [0.1, 0.15) is 33.9 Å². The summed E-state index contributed by atoms with van der Waals surface area (Å²) in [6.07, 6.45) is 7.29. The molecule has 178 valence electrons. The zero-order valence-electron chi connectivity index (χ0n) is 19.1. The molecule has 1 aliphatic carbocycles. The summed E-state index contributed by atoms with van der Waals surface area (Å²) in [5.41, 5.74) is 3.01. The van der Waals surface area contributed by atoms with E-state index in [9.17, 15) is 9.18 Å². The number of thiazole rings is 1. The van der Waals surface area contributed by atoms with Crippen molar-refractivity contribution in [2.75, 3.05) is 20.2 Å². The number of benzene rings is 1. The van der Waals surface area contributed by atoms with Crippen molar-refractivity contribution < 1.29 is 19.0 Å². The smallest absolute Gasteiger partial charge is 0.356 e. The number of hydrogen-bond donors (Lipinski definition) is 3. The lowest BCUT2D eigenvalue weighted by molar-refractivity contribution is 0.0692. The Morgan fingerprint density at radius 1 is 1.32 bits per heavy atom. The highest BCUT2D eigenvalue weighted by molar-refractivity contribution is 7.15. The SMILES string of the molecule is COc1ccc(-c2sc(C)nc2C(=O)O)cn1.Fc1ccc2[nH]cc(CCNCC3CC3)c2c1. The molecule has 3 aromatic heterocycles. The Balaban J connectivity index is 0.000000161. The fourth-order valence-electron chi connectivity index (χ4n) is 3.61. The van der Waals surface area contributed by atoms with Crippen LogP contribution in [0.5, 0.6) is 5.88 Å². The number of hydrogen-bond acceptors (Lipinski definition) is 6. The normalized spacial score (nSPS) is 12.9. The average molecular weight is 483 g/mol. The molecule has 1 aliphatic rings. The Morgan fingerprint density at radius 2 is 2.15 bits per heavy atom. The van der Waals surface area contributed by atoms with Crippen LogP contribution in [0.4, 0.5) is 4.39 Å². The van der Waals surface area contributed by atoms with Gasteiger partial charge in [-0.05, 0) is 75.0 Å². The highest BCUT2D eigenvalue weighted by Gasteiger charge is 2.20. The molecule has 7 nitrogen and oxygen atoms in total. The van der Waals surface area contributed by atoms with E-state index in [0.29, 0.717) is 15.8 Å².